The molecule has 0 aliphatic rings. The first-order chi connectivity index (χ1) is 7.70. The molecule has 2 rings (SSSR count). The molecule has 0 bridgehead atoms. The van der Waals surface area contributed by atoms with Crippen molar-refractivity contribution in [2.45, 2.75) is 0 Å². The second kappa shape index (κ2) is 4.63. The molecule has 0 amide bonds. The predicted octanol–water partition coefficient (Wildman–Crippen LogP) is 3.25. The molecule has 1 aromatic carbocycles. The monoisotopic (exact) mass is 253 g/mol. The van der Waals surface area contributed by atoms with Crippen LogP contribution < -0.4 is 0 Å². The number of carbonyl (C=O) groups is 1. The summed E-state index contributed by atoms with van der Waals surface area (Å²) in [5, 5.41) is 2.84. The number of rotatable bonds is 2. The van der Waals surface area contributed by atoms with Gasteiger partial charge in [-0.15, -0.1) is 11.3 Å². The summed E-state index contributed by atoms with van der Waals surface area (Å²) in [4.78, 5) is 15.4. The maximum atomic E-state index is 11.2. The van der Waals surface area contributed by atoms with E-state index in [-0.39, 0.29) is 0 Å². The summed E-state index contributed by atoms with van der Waals surface area (Å²) in [7, 11) is 1.34. The van der Waals surface area contributed by atoms with Crippen molar-refractivity contribution in [3.63, 3.8) is 0 Å². The van der Waals surface area contributed by atoms with Crippen molar-refractivity contribution in [2.24, 2.45) is 0 Å². The Bertz CT molecular complexity index is 507. The first-order valence-corrected chi connectivity index (χ1v) is 5.76. The molecule has 0 saturated heterocycles. The summed E-state index contributed by atoms with van der Waals surface area (Å²) >= 11 is 7.05. The van der Waals surface area contributed by atoms with Gasteiger partial charge in [0.2, 0.25) is 5.01 Å². The van der Waals surface area contributed by atoms with Gasteiger partial charge in [0, 0.05) is 16.0 Å². The van der Waals surface area contributed by atoms with E-state index in [4.69, 9.17) is 11.6 Å². The van der Waals surface area contributed by atoms with Crippen LogP contribution in [0.4, 0.5) is 0 Å². The number of hydrogen-bond donors (Lipinski definition) is 0. The van der Waals surface area contributed by atoms with Crippen LogP contribution in [0.2, 0.25) is 5.02 Å². The zero-order valence-electron chi connectivity index (χ0n) is 8.44. The maximum absolute atomic E-state index is 11.2. The van der Waals surface area contributed by atoms with Gasteiger partial charge in [0.1, 0.15) is 0 Å². The lowest BCUT2D eigenvalue weighted by atomic mass is 10.2. The molecule has 5 heteroatoms. The highest BCUT2D eigenvalue weighted by molar-refractivity contribution is 7.11. The van der Waals surface area contributed by atoms with Crippen molar-refractivity contribution in [2.75, 3.05) is 7.11 Å². The number of esters is 1. The zero-order valence-corrected chi connectivity index (χ0v) is 10.0. The van der Waals surface area contributed by atoms with Crippen molar-refractivity contribution < 1.29 is 9.53 Å². The summed E-state index contributed by atoms with van der Waals surface area (Å²) in [6.07, 6.45) is 0. The fourth-order valence-electron chi connectivity index (χ4n) is 1.21. The fraction of sp³-hybridized carbons (Fsp3) is 0.0909. The van der Waals surface area contributed by atoms with Gasteiger partial charge in [0.05, 0.1) is 12.8 Å². The number of benzene rings is 1. The second-order valence-corrected chi connectivity index (χ2v) is 4.33. The molecule has 2 aromatic rings. The Hall–Kier alpha value is -1.39. The molecule has 0 aliphatic carbocycles. The number of hydrogen-bond acceptors (Lipinski definition) is 4. The third-order valence-corrected chi connectivity index (χ3v) is 3.08. The van der Waals surface area contributed by atoms with E-state index in [1.807, 2.05) is 17.5 Å². The molecule has 82 valence electrons. The molecule has 1 heterocycles. The highest BCUT2D eigenvalue weighted by atomic mass is 35.5. The molecule has 0 radical (unpaired) electrons. The fourth-order valence-corrected chi connectivity index (χ4v) is 2.08. The van der Waals surface area contributed by atoms with Crippen molar-refractivity contribution >= 4 is 28.9 Å². The number of ether oxygens (including phenoxy) is 1. The Morgan fingerprint density at radius 2 is 2.06 bits per heavy atom. The lowest BCUT2D eigenvalue weighted by molar-refractivity contribution is 0.0600. The van der Waals surface area contributed by atoms with E-state index in [0.717, 1.165) is 11.3 Å². The Morgan fingerprint density at radius 3 is 2.69 bits per heavy atom. The maximum Gasteiger partial charge on any atom is 0.367 e. The molecule has 16 heavy (non-hydrogen) atoms. The van der Waals surface area contributed by atoms with Gasteiger partial charge in [-0.25, -0.2) is 9.78 Å². The van der Waals surface area contributed by atoms with E-state index in [2.05, 4.69) is 9.72 Å². The molecule has 0 spiro atoms. The molecule has 3 nitrogen and oxygen atoms in total. The van der Waals surface area contributed by atoms with Crippen LogP contribution in [0, 0.1) is 0 Å². The van der Waals surface area contributed by atoms with Gasteiger partial charge in [0.15, 0.2) is 0 Å². The van der Waals surface area contributed by atoms with Crippen LogP contribution in [0.25, 0.3) is 11.3 Å². The second-order valence-electron chi connectivity index (χ2n) is 3.04. The minimum Gasteiger partial charge on any atom is -0.464 e. The molecule has 0 saturated carbocycles. The van der Waals surface area contributed by atoms with Crippen LogP contribution >= 0.6 is 22.9 Å². The SMILES string of the molecule is COC(=O)c1nc(-c2ccc(Cl)cc2)cs1. The lowest BCUT2D eigenvalue weighted by Crippen LogP contribution is -1.99. The smallest absolute Gasteiger partial charge is 0.367 e. The minimum atomic E-state index is -0.412. The van der Waals surface area contributed by atoms with Crippen LogP contribution in [0.1, 0.15) is 9.80 Å². The normalized spacial score (nSPS) is 10.1. The van der Waals surface area contributed by atoms with Gasteiger partial charge in [0.25, 0.3) is 0 Å². The van der Waals surface area contributed by atoms with Crippen molar-refractivity contribution in [1.29, 1.82) is 0 Å². The van der Waals surface area contributed by atoms with E-state index in [9.17, 15) is 4.79 Å². The van der Waals surface area contributed by atoms with Crippen LogP contribution in [0.3, 0.4) is 0 Å². The summed E-state index contributed by atoms with van der Waals surface area (Å²) in [6, 6.07) is 7.29. The lowest BCUT2D eigenvalue weighted by Gasteiger charge is -1.96. The van der Waals surface area contributed by atoms with Gasteiger partial charge >= 0.3 is 5.97 Å². The van der Waals surface area contributed by atoms with E-state index < -0.39 is 5.97 Å². The van der Waals surface area contributed by atoms with Crippen molar-refractivity contribution in [3.8, 4) is 11.3 Å². The van der Waals surface area contributed by atoms with E-state index >= 15 is 0 Å². The number of aromatic nitrogens is 1. The Balaban J connectivity index is 2.31. The highest BCUT2D eigenvalue weighted by Gasteiger charge is 2.11. The number of carbonyl (C=O) groups excluding carboxylic acids is 1. The first-order valence-electron chi connectivity index (χ1n) is 4.50. The standard InChI is InChI=1S/C11H8ClNO2S/c1-15-11(14)10-13-9(6-16-10)7-2-4-8(12)5-3-7/h2-6H,1H3. The van der Waals surface area contributed by atoms with Crippen LogP contribution in [-0.4, -0.2) is 18.1 Å². The largest absolute Gasteiger partial charge is 0.464 e. The average Bonchev–Trinajstić information content (AvgIpc) is 2.78. The van der Waals surface area contributed by atoms with E-state index in [1.54, 1.807) is 12.1 Å². The number of halogens is 1. The summed E-state index contributed by atoms with van der Waals surface area (Å²) < 4.78 is 4.59. The Labute approximate surface area is 102 Å². The molecule has 0 N–H and O–H groups in total. The van der Waals surface area contributed by atoms with Crippen LogP contribution in [-0.2, 0) is 4.74 Å². The van der Waals surface area contributed by atoms with Gasteiger partial charge in [-0.2, -0.15) is 0 Å². The van der Waals surface area contributed by atoms with Gasteiger partial charge in [-0.1, -0.05) is 23.7 Å². The van der Waals surface area contributed by atoms with E-state index in [0.29, 0.717) is 10.0 Å². The summed E-state index contributed by atoms with van der Waals surface area (Å²) in [5.74, 6) is -0.412. The predicted molar refractivity (Wildman–Crippen MR) is 63.9 cm³/mol. The number of methoxy groups -OCH3 is 1. The third-order valence-electron chi connectivity index (χ3n) is 2.00. The first kappa shape index (κ1) is 11.1. The molecule has 0 aliphatic heterocycles. The minimum absolute atomic E-state index is 0.354. The average molecular weight is 254 g/mol. The molecular formula is C11H8ClNO2S. The molecule has 0 fully saturated rings. The number of thiazole rings is 1. The van der Waals surface area contributed by atoms with Crippen molar-refractivity contribution in [1.82, 2.24) is 4.98 Å². The Kier molecular flexibility index (Phi) is 3.22. The summed E-state index contributed by atoms with van der Waals surface area (Å²) in [5.41, 5.74) is 1.68. The van der Waals surface area contributed by atoms with Crippen LogP contribution in [0.5, 0.6) is 0 Å². The third kappa shape index (κ3) is 2.23. The van der Waals surface area contributed by atoms with Gasteiger partial charge in [-0.05, 0) is 12.1 Å². The number of nitrogens with zero attached hydrogens (tertiary/aromatic N) is 1. The summed E-state index contributed by atoms with van der Waals surface area (Å²) in [6.45, 7) is 0. The topological polar surface area (TPSA) is 39.2 Å². The van der Waals surface area contributed by atoms with Crippen molar-refractivity contribution in [3.05, 3.63) is 39.7 Å². The molecule has 0 atom stereocenters. The molecule has 0 unspecified atom stereocenters. The highest BCUT2D eigenvalue weighted by Crippen LogP contribution is 2.23. The van der Waals surface area contributed by atoms with E-state index in [1.165, 1.54) is 18.4 Å². The van der Waals surface area contributed by atoms with Crippen LogP contribution in [0.15, 0.2) is 29.6 Å². The quantitative estimate of drug-likeness (QED) is 0.772. The zero-order chi connectivity index (χ0) is 11.5. The molecule has 1 aromatic heterocycles. The molecular weight excluding hydrogens is 246 g/mol. The van der Waals surface area contributed by atoms with Gasteiger partial charge in [-0.3, -0.25) is 0 Å². The Morgan fingerprint density at radius 1 is 1.38 bits per heavy atom. The van der Waals surface area contributed by atoms with Gasteiger partial charge < -0.3 is 4.74 Å².